The van der Waals surface area contributed by atoms with Gasteiger partial charge in [0.25, 0.3) is 0 Å². The standard InChI is InChI=1S/C22H22N2O3S2/c1-24(16-18-8-4-2-5-9-18)29(26,27)21-14-12-19(13-15-21)23-22(25)17-28-20-10-6-3-7-11-20/h2-15H,16-17H2,1H3,(H,23,25). The molecule has 3 rings (SSSR count). The smallest absolute Gasteiger partial charge is 0.243 e. The Hall–Kier alpha value is -2.61. The number of carbonyl (C=O) groups excluding carboxylic acids is 1. The first-order chi connectivity index (χ1) is 13.9. The molecule has 0 radical (unpaired) electrons. The quantitative estimate of drug-likeness (QED) is 0.547. The van der Waals surface area contributed by atoms with Crippen molar-refractivity contribution in [3.8, 4) is 0 Å². The van der Waals surface area contributed by atoms with E-state index in [1.807, 2.05) is 60.7 Å². The van der Waals surface area contributed by atoms with Crippen molar-refractivity contribution in [1.29, 1.82) is 0 Å². The van der Waals surface area contributed by atoms with Gasteiger partial charge in [-0.15, -0.1) is 11.8 Å². The Kier molecular flexibility index (Phi) is 7.09. The molecular weight excluding hydrogens is 404 g/mol. The van der Waals surface area contributed by atoms with Crippen LogP contribution in [0.3, 0.4) is 0 Å². The number of amides is 1. The lowest BCUT2D eigenvalue weighted by atomic mass is 10.2. The predicted molar refractivity (Wildman–Crippen MR) is 117 cm³/mol. The Balaban J connectivity index is 1.59. The van der Waals surface area contributed by atoms with E-state index >= 15 is 0 Å². The van der Waals surface area contributed by atoms with Crippen LogP contribution in [0.2, 0.25) is 0 Å². The van der Waals surface area contributed by atoms with Crippen molar-refractivity contribution in [3.63, 3.8) is 0 Å². The van der Waals surface area contributed by atoms with Gasteiger partial charge in [-0.3, -0.25) is 4.79 Å². The fraction of sp³-hybridized carbons (Fsp3) is 0.136. The number of thioether (sulfide) groups is 1. The lowest BCUT2D eigenvalue weighted by Gasteiger charge is -2.17. The molecule has 0 aliphatic heterocycles. The number of carbonyl (C=O) groups is 1. The minimum absolute atomic E-state index is 0.143. The first-order valence-corrected chi connectivity index (χ1v) is 11.5. The summed E-state index contributed by atoms with van der Waals surface area (Å²) < 4.78 is 26.8. The number of benzene rings is 3. The van der Waals surface area contributed by atoms with Crippen LogP contribution in [0.1, 0.15) is 5.56 Å². The van der Waals surface area contributed by atoms with Gasteiger partial charge in [-0.1, -0.05) is 48.5 Å². The van der Waals surface area contributed by atoms with Gasteiger partial charge in [-0.05, 0) is 42.0 Å². The first kappa shape index (κ1) is 21.1. The third kappa shape index (κ3) is 5.93. The summed E-state index contributed by atoms with van der Waals surface area (Å²) in [6, 6.07) is 25.3. The fourth-order valence-corrected chi connectivity index (χ4v) is 4.56. The van der Waals surface area contributed by atoms with E-state index < -0.39 is 10.0 Å². The number of nitrogens with zero attached hydrogens (tertiary/aromatic N) is 1. The molecule has 0 aromatic heterocycles. The zero-order valence-corrected chi connectivity index (χ0v) is 17.6. The third-order valence-corrected chi connectivity index (χ3v) is 7.04. The van der Waals surface area contributed by atoms with Crippen molar-refractivity contribution in [2.24, 2.45) is 0 Å². The molecule has 0 saturated carbocycles. The highest BCUT2D eigenvalue weighted by atomic mass is 32.2. The van der Waals surface area contributed by atoms with Crippen LogP contribution in [0.4, 0.5) is 5.69 Å². The molecule has 0 atom stereocenters. The Bertz CT molecular complexity index is 1040. The second-order valence-electron chi connectivity index (χ2n) is 6.42. The van der Waals surface area contributed by atoms with Crippen molar-refractivity contribution < 1.29 is 13.2 Å². The highest BCUT2D eigenvalue weighted by molar-refractivity contribution is 8.00. The molecule has 0 fully saturated rings. The summed E-state index contributed by atoms with van der Waals surface area (Å²) in [7, 11) is -2.06. The summed E-state index contributed by atoms with van der Waals surface area (Å²) in [5.41, 5.74) is 1.48. The van der Waals surface area contributed by atoms with Crippen LogP contribution in [0.15, 0.2) is 94.7 Å². The van der Waals surface area contributed by atoms with Crippen molar-refractivity contribution in [1.82, 2.24) is 4.31 Å². The second kappa shape index (κ2) is 9.73. The Morgan fingerprint density at radius 3 is 2.10 bits per heavy atom. The third-order valence-electron chi connectivity index (χ3n) is 4.21. The highest BCUT2D eigenvalue weighted by Gasteiger charge is 2.20. The molecule has 0 aliphatic carbocycles. The zero-order chi connectivity index (χ0) is 20.7. The molecule has 0 spiro atoms. The van der Waals surface area contributed by atoms with Gasteiger partial charge in [-0.2, -0.15) is 4.31 Å². The summed E-state index contributed by atoms with van der Waals surface area (Å²) in [4.78, 5) is 13.3. The van der Waals surface area contributed by atoms with E-state index in [0.717, 1.165) is 10.5 Å². The monoisotopic (exact) mass is 426 g/mol. The molecule has 1 N–H and O–H groups in total. The van der Waals surface area contributed by atoms with Gasteiger partial charge < -0.3 is 5.32 Å². The Labute approximate surface area is 175 Å². The minimum Gasteiger partial charge on any atom is -0.325 e. The molecule has 3 aromatic carbocycles. The van der Waals surface area contributed by atoms with Gasteiger partial charge in [0.2, 0.25) is 15.9 Å². The largest absolute Gasteiger partial charge is 0.325 e. The molecule has 5 nitrogen and oxygen atoms in total. The van der Waals surface area contributed by atoms with Crippen LogP contribution in [0, 0.1) is 0 Å². The highest BCUT2D eigenvalue weighted by Crippen LogP contribution is 2.20. The van der Waals surface area contributed by atoms with Crippen molar-refractivity contribution >= 4 is 33.4 Å². The van der Waals surface area contributed by atoms with E-state index in [2.05, 4.69) is 5.32 Å². The van der Waals surface area contributed by atoms with Crippen molar-refractivity contribution in [3.05, 3.63) is 90.5 Å². The van der Waals surface area contributed by atoms with E-state index in [1.54, 1.807) is 19.2 Å². The average Bonchev–Trinajstić information content (AvgIpc) is 2.74. The van der Waals surface area contributed by atoms with Crippen LogP contribution in [-0.4, -0.2) is 31.4 Å². The Morgan fingerprint density at radius 2 is 1.48 bits per heavy atom. The van der Waals surface area contributed by atoms with E-state index in [-0.39, 0.29) is 16.6 Å². The molecule has 150 valence electrons. The molecule has 0 saturated heterocycles. The van der Waals surface area contributed by atoms with Gasteiger partial charge in [0, 0.05) is 24.2 Å². The lowest BCUT2D eigenvalue weighted by Crippen LogP contribution is -2.26. The van der Waals surface area contributed by atoms with Gasteiger partial charge in [-0.25, -0.2) is 8.42 Å². The summed E-state index contributed by atoms with van der Waals surface area (Å²) in [5, 5.41) is 2.79. The maximum Gasteiger partial charge on any atom is 0.243 e. The topological polar surface area (TPSA) is 66.5 Å². The van der Waals surface area contributed by atoms with Gasteiger partial charge in [0.15, 0.2) is 0 Å². The number of anilines is 1. The molecule has 29 heavy (non-hydrogen) atoms. The number of hydrogen-bond acceptors (Lipinski definition) is 4. The number of nitrogens with one attached hydrogen (secondary N) is 1. The Morgan fingerprint density at radius 1 is 0.897 bits per heavy atom. The average molecular weight is 427 g/mol. The van der Waals surface area contributed by atoms with E-state index in [4.69, 9.17) is 0 Å². The van der Waals surface area contributed by atoms with Crippen LogP contribution >= 0.6 is 11.8 Å². The van der Waals surface area contributed by atoms with Crippen molar-refractivity contribution in [2.45, 2.75) is 16.3 Å². The summed E-state index contributed by atoms with van der Waals surface area (Å²) >= 11 is 1.45. The normalized spacial score (nSPS) is 11.4. The summed E-state index contributed by atoms with van der Waals surface area (Å²) in [5.74, 6) is 0.139. The van der Waals surface area contributed by atoms with Gasteiger partial charge in [0.05, 0.1) is 10.6 Å². The number of sulfonamides is 1. The van der Waals surface area contributed by atoms with Crippen molar-refractivity contribution in [2.75, 3.05) is 18.1 Å². The van der Waals surface area contributed by atoms with Crippen LogP contribution in [-0.2, 0) is 21.4 Å². The van der Waals surface area contributed by atoms with E-state index in [1.165, 1.54) is 28.2 Å². The first-order valence-electron chi connectivity index (χ1n) is 9.03. The summed E-state index contributed by atoms with van der Waals surface area (Å²) in [6.45, 7) is 0.290. The minimum atomic E-state index is -3.61. The van der Waals surface area contributed by atoms with Crippen LogP contribution in [0.25, 0.3) is 0 Å². The maximum absolute atomic E-state index is 12.8. The number of rotatable bonds is 8. The van der Waals surface area contributed by atoms with Crippen LogP contribution in [0.5, 0.6) is 0 Å². The molecule has 0 unspecified atom stereocenters. The summed E-state index contributed by atoms with van der Waals surface area (Å²) in [6.07, 6.45) is 0. The predicted octanol–water partition coefficient (Wildman–Crippen LogP) is 4.24. The number of hydrogen-bond donors (Lipinski definition) is 1. The lowest BCUT2D eigenvalue weighted by molar-refractivity contribution is -0.113. The maximum atomic E-state index is 12.8. The molecule has 0 aliphatic rings. The molecule has 7 heteroatoms. The fourth-order valence-electron chi connectivity index (χ4n) is 2.68. The van der Waals surface area contributed by atoms with Gasteiger partial charge >= 0.3 is 0 Å². The zero-order valence-electron chi connectivity index (χ0n) is 16.0. The van der Waals surface area contributed by atoms with Gasteiger partial charge in [0.1, 0.15) is 0 Å². The van der Waals surface area contributed by atoms with Crippen LogP contribution < -0.4 is 5.32 Å². The second-order valence-corrected chi connectivity index (χ2v) is 9.51. The molecule has 1 amide bonds. The van der Waals surface area contributed by atoms with E-state index in [0.29, 0.717) is 12.2 Å². The molecular formula is C22H22N2O3S2. The molecule has 0 bridgehead atoms. The molecule has 3 aromatic rings. The molecule has 0 heterocycles. The van der Waals surface area contributed by atoms with E-state index in [9.17, 15) is 13.2 Å². The SMILES string of the molecule is CN(Cc1ccccc1)S(=O)(=O)c1ccc(NC(=O)CSc2ccccc2)cc1.